The third-order valence-electron chi connectivity index (χ3n) is 4.49. The second-order valence-corrected chi connectivity index (χ2v) is 6.01. The molecule has 0 atom stereocenters. The molecule has 0 unspecified atom stereocenters. The van der Waals surface area contributed by atoms with E-state index >= 15 is 0 Å². The molecule has 0 saturated carbocycles. The van der Waals surface area contributed by atoms with Crippen molar-refractivity contribution >= 4 is 10.8 Å². The van der Waals surface area contributed by atoms with Crippen LogP contribution in [0.1, 0.15) is 11.4 Å². The summed E-state index contributed by atoms with van der Waals surface area (Å²) in [6.45, 7) is 3.86. The van der Waals surface area contributed by atoms with Gasteiger partial charge in [0.25, 0.3) is 5.56 Å². The van der Waals surface area contributed by atoms with Gasteiger partial charge in [-0.2, -0.15) is 9.78 Å². The van der Waals surface area contributed by atoms with Crippen LogP contribution >= 0.6 is 0 Å². The van der Waals surface area contributed by atoms with E-state index in [0.717, 1.165) is 28.1 Å². The lowest BCUT2D eigenvalue weighted by molar-refractivity contribution is 0.475. The average Bonchev–Trinajstić information content (AvgIpc) is 2.87. The predicted molar refractivity (Wildman–Crippen MR) is 97.8 cm³/mol. The van der Waals surface area contributed by atoms with Gasteiger partial charge in [0.05, 0.1) is 17.3 Å². The molecular formula is C20H17N3O2. The molecule has 0 aliphatic carbocycles. The van der Waals surface area contributed by atoms with Crippen LogP contribution in [-0.4, -0.2) is 19.5 Å². The van der Waals surface area contributed by atoms with Crippen LogP contribution in [0.15, 0.2) is 65.6 Å². The number of aromatic nitrogens is 3. The zero-order valence-electron chi connectivity index (χ0n) is 14.0. The van der Waals surface area contributed by atoms with Gasteiger partial charge in [-0.3, -0.25) is 4.79 Å². The second kappa shape index (κ2) is 5.63. The lowest BCUT2D eigenvalue weighted by atomic mass is 10.2. The van der Waals surface area contributed by atoms with E-state index in [4.69, 9.17) is 0 Å². The molecule has 0 saturated heterocycles. The molecule has 0 bridgehead atoms. The molecule has 2 aromatic carbocycles. The SMILES string of the molecule is Cc1c2cnn(-c3ccccc3)c(=O)c2c(C)n1-c1cccc(O)c1. The normalized spacial score (nSPS) is 11.1. The number of rotatable bonds is 2. The average molecular weight is 331 g/mol. The molecule has 0 fully saturated rings. The third kappa shape index (κ3) is 2.32. The molecule has 25 heavy (non-hydrogen) atoms. The fourth-order valence-corrected chi connectivity index (χ4v) is 3.33. The first-order chi connectivity index (χ1) is 12.1. The Labute approximate surface area is 144 Å². The van der Waals surface area contributed by atoms with Crippen molar-refractivity contribution in [3.8, 4) is 17.1 Å². The zero-order valence-corrected chi connectivity index (χ0v) is 14.0. The minimum atomic E-state index is -0.150. The lowest BCUT2D eigenvalue weighted by Crippen LogP contribution is -2.20. The summed E-state index contributed by atoms with van der Waals surface area (Å²) in [4.78, 5) is 13.1. The molecule has 1 N–H and O–H groups in total. The van der Waals surface area contributed by atoms with Gasteiger partial charge in [-0.1, -0.05) is 24.3 Å². The number of benzene rings is 2. The summed E-state index contributed by atoms with van der Waals surface area (Å²) in [5.41, 5.74) is 3.15. The van der Waals surface area contributed by atoms with Crippen molar-refractivity contribution in [2.45, 2.75) is 13.8 Å². The fourth-order valence-electron chi connectivity index (χ4n) is 3.33. The Bertz CT molecular complexity index is 1140. The van der Waals surface area contributed by atoms with Crippen molar-refractivity contribution in [1.82, 2.24) is 14.3 Å². The van der Waals surface area contributed by atoms with E-state index < -0.39 is 0 Å². The van der Waals surface area contributed by atoms with E-state index in [9.17, 15) is 9.90 Å². The zero-order chi connectivity index (χ0) is 17.6. The molecule has 4 aromatic rings. The third-order valence-corrected chi connectivity index (χ3v) is 4.49. The minimum Gasteiger partial charge on any atom is -0.508 e. The van der Waals surface area contributed by atoms with E-state index in [2.05, 4.69) is 5.10 Å². The van der Waals surface area contributed by atoms with E-state index in [1.807, 2.05) is 54.8 Å². The molecule has 2 aromatic heterocycles. The number of aromatic hydroxyl groups is 1. The number of phenolic OH excluding ortho intramolecular Hbond substituents is 1. The highest BCUT2D eigenvalue weighted by Gasteiger charge is 2.17. The molecule has 0 radical (unpaired) electrons. The van der Waals surface area contributed by atoms with Gasteiger partial charge in [-0.15, -0.1) is 0 Å². The van der Waals surface area contributed by atoms with Crippen LogP contribution in [0, 0.1) is 13.8 Å². The number of hydrogen-bond acceptors (Lipinski definition) is 3. The van der Waals surface area contributed by atoms with Crippen molar-refractivity contribution in [1.29, 1.82) is 0 Å². The highest BCUT2D eigenvalue weighted by atomic mass is 16.3. The van der Waals surface area contributed by atoms with Crippen LogP contribution in [0.3, 0.4) is 0 Å². The van der Waals surface area contributed by atoms with Gasteiger partial charge < -0.3 is 9.67 Å². The fraction of sp³-hybridized carbons (Fsp3) is 0.100. The maximum absolute atomic E-state index is 13.1. The highest BCUT2D eigenvalue weighted by Crippen LogP contribution is 2.27. The van der Waals surface area contributed by atoms with Crippen LogP contribution in [0.5, 0.6) is 5.75 Å². The molecule has 4 rings (SSSR count). The van der Waals surface area contributed by atoms with Gasteiger partial charge in [0, 0.05) is 28.5 Å². The molecule has 2 heterocycles. The molecule has 124 valence electrons. The summed E-state index contributed by atoms with van der Waals surface area (Å²) in [7, 11) is 0. The monoisotopic (exact) mass is 331 g/mol. The van der Waals surface area contributed by atoms with Crippen molar-refractivity contribution in [3.05, 3.63) is 82.5 Å². The van der Waals surface area contributed by atoms with Crippen LogP contribution in [0.25, 0.3) is 22.1 Å². The van der Waals surface area contributed by atoms with Crippen LogP contribution < -0.4 is 5.56 Å². The Kier molecular flexibility index (Phi) is 3.42. The number of fused-ring (bicyclic) bond motifs is 1. The quantitative estimate of drug-likeness (QED) is 0.611. The minimum absolute atomic E-state index is 0.150. The van der Waals surface area contributed by atoms with E-state index in [-0.39, 0.29) is 11.3 Å². The largest absolute Gasteiger partial charge is 0.508 e. The van der Waals surface area contributed by atoms with Crippen LogP contribution in [0.4, 0.5) is 0 Å². The number of phenols is 1. The molecule has 0 aliphatic heterocycles. The summed E-state index contributed by atoms with van der Waals surface area (Å²) >= 11 is 0. The van der Waals surface area contributed by atoms with Gasteiger partial charge >= 0.3 is 0 Å². The molecular weight excluding hydrogens is 314 g/mol. The summed E-state index contributed by atoms with van der Waals surface area (Å²) < 4.78 is 3.39. The van der Waals surface area contributed by atoms with E-state index in [1.54, 1.807) is 24.4 Å². The predicted octanol–water partition coefficient (Wildman–Crippen LogP) is 3.50. The first kappa shape index (κ1) is 15.2. The number of hydrogen-bond donors (Lipinski definition) is 1. The van der Waals surface area contributed by atoms with E-state index in [0.29, 0.717) is 5.39 Å². The van der Waals surface area contributed by atoms with Gasteiger partial charge in [0.2, 0.25) is 0 Å². The smallest absolute Gasteiger partial charge is 0.281 e. The maximum atomic E-state index is 13.1. The maximum Gasteiger partial charge on any atom is 0.281 e. The summed E-state index contributed by atoms with van der Waals surface area (Å²) in [6.07, 6.45) is 1.73. The lowest BCUT2D eigenvalue weighted by Gasteiger charge is -2.09. The molecule has 0 aliphatic rings. The summed E-state index contributed by atoms with van der Waals surface area (Å²) in [6, 6.07) is 16.4. The van der Waals surface area contributed by atoms with Crippen molar-refractivity contribution in [3.63, 3.8) is 0 Å². The topological polar surface area (TPSA) is 60.0 Å². The Morgan fingerprint density at radius 3 is 2.36 bits per heavy atom. The van der Waals surface area contributed by atoms with Crippen molar-refractivity contribution in [2.75, 3.05) is 0 Å². The molecule has 0 spiro atoms. The summed E-state index contributed by atoms with van der Waals surface area (Å²) in [5.74, 6) is 0.189. The van der Waals surface area contributed by atoms with Gasteiger partial charge in [-0.05, 0) is 38.1 Å². The van der Waals surface area contributed by atoms with Gasteiger partial charge in [-0.25, -0.2) is 0 Å². The van der Waals surface area contributed by atoms with Crippen LogP contribution in [-0.2, 0) is 0 Å². The number of nitrogens with zero attached hydrogens (tertiary/aromatic N) is 3. The van der Waals surface area contributed by atoms with Gasteiger partial charge in [0.15, 0.2) is 0 Å². The van der Waals surface area contributed by atoms with Crippen molar-refractivity contribution in [2.24, 2.45) is 0 Å². The number of para-hydroxylation sites is 1. The standard InChI is InChI=1S/C20H17N3O2/c1-13-18-12-21-23(15-7-4-3-5-8-15)20(25)19(18)14(2)22(13)16-9-6-10-17(24)11-16/h3-12,24H,1-2H3. The second-order valence-electron chi connectivity index (χ2n) is 6.01. The highest BCUT2D eigenvalue weighted by molar-refractivity contribution is 5.88. The summed E-state index contributed by atoms with van der Waals surface area (Å²) in [5, 5.41) is 15.6. The molecule has 5 heteroatoms. The first-order valence-corrected chi connectivity index (χ1v) is 8.02. The number of aryl methyl sites for hydroxylation is 2. The van der Waals surface area contributed by atoms with Crippen LogP contribution in [0.2, 0.25) is 0 Å². The van der Waals surface area contributed by atoms with E-state index in [1.165, 1.54) is 4.68 Å². The molecule has 0 amide bonds. The Morgan fingerprint density at radius 2 is 1.64 bits per heavy atom. The Hall–Kier alpha value is -3.34. The van der Waals surface area contributed by atoms with Gasteiger partial charge in [0.1, 0.15) is 5.75 Å². The first-order valence-electron chi connectivity index (χ1n) is 8.02. The van der Waals surface area contributed by atoms with Crippen molar-refractivity contribution < 1.29 is 5.11 Å². The Morgan fingerprint density at radius 1 is 0.920 bits per heavy atom. The Balaban J connectivity index is 2.03. The molecule has 5 nitrogen and oxygen atoms in total.